The molecule has 16 heavy (non-hydrogen) atoms. The first-order chi connectivity index (χ1) is 7.74. The Labute approximate surface area is 97.7 Å². The summed E-state index contributed by atoms with van der Waals surface area (Å²) in [4.78, 5) is 8.52. The van der Waals surface area contributed by atoms with Crippen LogP contribution in [0.1, 0.15) is 38.2 Å². The highest BCUT2D eigenvalue weighted by molar-refractivity contribution is 5.24. The van der Waals surface area contributed by atoms with Gasteiger partial charge in [0.05, 0.1) is 0 Å². The smallest absolute Gasteiger partial charge is 0.222 e. The second-order valence-corrected chi connectivity index (χ2v) is 5.10. The largest absolute Gasteiger partial charge is 0.354 e. The van der Waals surface area contributed by atoms with Crippen LogP contribution in [0.15, 0.2) is 12.4 Å². The Balaban J connectivity index is 1.80. The summed E-state index contributed by atoms with van der Waals surface area (Å²) in [5, 5.41) is 3.34. The Morgan fingerprint density at radius 2 is 2.06 bits per heavy atom. The molecule has 0 radical (unpaired) electrons. The van der Waals surface area contributed by atoms with Crippen molar-refractivity contribution in [1.82, 2.24) is 9.97 Å². The molecule has 2 atom stereocenters. The molecule has 3 heteroatoms. The fourth-order valence-electron chi connectivity index (χ4n) is 2.46. The third kappa shape index (κ3) is 3.19. The molecule has 0 spiro atoms. The quantitative estimate of drug-likeness (QED) is 0.849. The molecule has 0 aliphatic heterocycles. The van der Waals surface area contributed by atoms with Crippen LogP contribution >= 0.6 is 0 Å². The van der Waals surface area contributed by atoms with Gasteiger partial charge in [0.25, 0.3) is 0 Å². The van der Waals surface area contributed by atoms with Crippen molar-refractivity contribution >= 4 is 5.95 Å². The van der Waals surface area contributed by atoms with Crippen molar-refractivity contribution in [2.75, 3.05) is 11.9 Å². The van der Waals surface area contributed by atoms with Gasteiger partial charge in [-0.2, -0.15) is 0 Å². The SMILES string of the molecule is Cc1cnc(NCC2CCCC(C)C2)nc1. The number of rotatable bonds is 3. The Morgan fingerprint density at radius 1 is 1.31 bits per heavy atom. The first-order valence-corrected chi connectivity index (χ1v) is 6.26. The number of anilines is 1. The highest BCUT2D eigenvalue weighted by atomic mass is 15.1. The Morgan fingerprint density at radius 3 is 2.75 bits per heavy atom. The van der Waals surface area contributed by atoms with Gasteiger partial charge in [-0.25, -0.2) is 9.97 Å². The molecule has 2 rings (SSSR count). The zero-order valence-corrected chi connectivity index (χ0v) is 10.2. The van der Waals surface area contributed by atoms with Crippen molar-refractivity contribution in [2.45, 2.75) is 39.5 Å². The van der Waals surface area contributed by atoms with E-state index in [1.165, 1.54) is 25.7 Å². The molecule has 0 bridgehead atoms. The predicted octanol–water partition coefficient (Wildman–Crippen LogP) is 3.02. The molecule has 88 valence electrons. The summed E-state index contributed by atoms with van der Waals surface area (Å²) in [6.45, 7) is 5.38. The molecular weight excluding hydrogens is 198 g/mol. The molecule has 0 amide bonds. The molecule has 3 nitrogen and oxygen atoms in total. The summed E-state index contributed by atoms with van der Waals surface area (Å²) in [6.07, 6.45) is 9.19. The lowest BCUT2D eigenvalue weighted by atomic mass is 9.82. The van der Waals surface area contributed by atoms with E-state index in [4.69, 9.17) is 0 Å². The number of nitrogens with one attached hydrogen (secondary N) is 1. The third-order valence-electron chi connectivity index (χ3n) is 3.37. The van der Waals surface area contributed by atoms with Gasteiger partial charge in [0, 0.05) is 18.9 Å². The first-order valence-electron chi connectivity index (χ1n) is 6.26. The molecule has 0 aromatic carbocycles. The van der Waals surface area contributed by atoms with Crippen molar-refractivity contribution in [2.24, 2.45) is 11.8 Å². The van der Waals surface area contributed by atoms with Crippen molar-refractivity contribution in [3.8, 4) is 0 Å². The average Bonchev–Trinajstić information content (AvgIpc) is 2.28. The van der Waals surface area contributed by atoms with Crippen LogP contribution in [-0.4, -0.2) is 16.5 Å². The van der Waals surface area contributed by atoms with Gasteiger partial charge in [0.2, 0.25) is 5.95 Å². The minimum absolute atomic E-state index is 0.767. The maximum absolute atomic E-state index is 4.26. The van der Waals surface area contributed by atoms with Gasteiger partial charge in [-0.15, -0.1) is 0 Å². The van der Waals surface area contributed by atoms with Gasteiger partial charge < -0.3 is 5.32 Å². The van der Waals surface area contributed by atoms with E-state index in [2.05, 4.69) is 22.2 Å². The summed E-state index contributed by atoms with van der Waals surface area (Å²) >= 11 is 0. The monoisotopic (exact) mass is 219 g/mol. The lowest BCUT2D eigenvalue weighted by molar-refractivity contribution is 0.293. The number of nitrogens with zero attached hydrogens (tertiary/aromatic N) is 2. The lowest BCUT2D eigenvalue weighted by Gasteiger charge is -2.26. The number of hydrogen-bond acceptors (Lipinski definition) is 3. The summed E-state index contributed by atoms with van der Waals surface area (Å²) in [6, 6.07) is 0. The molecule has 1 N–H and O–H groups in total. The van der Waals surface area contributed by atoms with Crippen LogP contribution in [-0.2, 0) is 0 Å². The van der Waals surface area contributed by atoms with E-state index in [1.54, 1.807) is 0 Å². The molecule has 2 unspecified atom stereocenters. The van der Waals surface area contributed by atoms with Crippen LogP contribution in [0, 0.1) is 18.8 Å². The molecule has 1 aliphatic carbocycles. The molecule has 1 aromatic rings. The maximum Gasteiger partial charge on any atom is 0.222 e. The van der Waals surface area contributed by atoms with Crippen LogP contribution in [0.2, 0.25) is 0 Å². The van der Waals surface area contributed by atoms with E-state index >= 15 is 0 Å². The maximum atomic E-state index is 4.26. The van der Waals surface area contributed by atoms with Gasteiger partial charge in [0.15, 0.2) is 0 Å². The molecule has 0 saturated heterocycles. The normalized spacial score (nSPS) is 25.4. The van der Waals surface area contributed by atoms with Gasteiger partial charge in [-0.1, -0.05) is 19.8 Å². The second kappa shape index (κ2) is 5.28. The highest BCUT2D eigenvalue weighted by Gasteiger charge is 2.18. The first kappa shape index (κ1) is 11.4. The fourth-order valence-corrected chi connectivity index (χ4v) is 2.46. The summed E-state index contributed by atoms with van der Waals surface area (Å²) < 4.78 is 0. The summed E-state index contributed by atoms with van der Waals surface area (Å²) in [7, 11) is 0. The van der Waals surface area contributed by atoms with Gasteiger partial charge in [-0.05, 0) is 37.2 Å². The Hall–Kier alpha value is -1.12. The van der Waals surface area contributed by atoms with Crippen LogP contribution in [0.4, 0.5) is 5.95 Å². The average molecular weight is 219 g/mol. The minimum Gasteiger partial charge on any atom is -0.354 e. The number of aryl methyl sites for hydroxylation is 1. The molecular formula is C13H21N3. The molecule has 1 aliphatic rings. The van der Waals surface area contributed by atoms with E-state index in [0.717, 1.165) is 29.9 Å². The van der Waals surface area contributed by atoms with E-state index < -0.39 is 0 Å². The summed E-state index contributed by atoms with van der Waals surface area (Å²) in [5.74, 6) is 2.46. The molecule has 1 fully saturated rings. The van der Waals surface area contributed by atoms with Crippen LogP contribution in [0.5, 0.6) is 0 Å². The lowest BCUT2D eigenvalue weighted by Crippen LogP contribution is -2.21. The molecule has 1 saturated carbocycles. The van der Waals surface area contributed by atoms with Crippen molar-refractivity contribution < 1.29 is 0 Å². The van der Waals surface area contributed by atoms with E-state index in [-0.39, 0.29) is 0 Å². The van der Waals surface area contributed by atoms with Crippen molar-refractivity contribution in [1.29, 1.82) is 0 Å². The third-order valence-corrected chi connectivity index (χ3v) is 3.37. The van der Waals surface area contributed by atoms with E-state index in [9.17, 15) is 0 Å². The minimum atomic E-state index is 0.767. The topological polar surface area (TPSA) is 37.8 Å². The van der Waals surface area contributed by atoms with Crippen molar-refractivity contribution in [3.63, 3.8) is 0 Å². The molecule has 1 heterocycles. The van der Waals surface area contributed by atoms with E-state index in [1.807, 2.05) is 19.3 Å². The van der Waals surface area contributed by atoms with Gasteiger partial charge in [-0.3, -0.25) is 0 Å². The van der Waals surface area contributed by atoms with Gasteiger partial charge in [0.1, 0.15) is 0 Å². The second-order valence-electron chi connectivity index (χ2n) is 5.10. The fraction of sp³-hybridized carbons (Fsp3) is 0.692. The van der Waals surface area contributed by atoms with E-state index in [0.29, 0.717) is 0 Å². The molecule has 1 aromatic heterocycles. The van der Waals surface area contributed by atoms with Gasteiger partial charge >= 0.3 is 0 Å². The number of hydrogen-bond donors (Lipinski definition) is 1. The Bertz CT molecular complexity index is 320. The zero-order valence-electron chi connectivity index (χ0n) is 10.2. The Kier molecular flexibility index (Phi) is 3.75. The van der Waals surface area contributed by atoms with Crippen LogP contribution in [0.25, 0.3) is 0 Å². The highest BCUT2D eigenvalue weighted by Crippen LogP contribution is 2.28. The standard InChI is InChI=1S/C13H21N3/c1-10-4-3-5-12(6-10)9-16-13-14-7-11(2)8-15-13/h7-8,10,12H,3-6,9H2,1-2H3,(H,14,15,16). The predicted molar refractivity (Wildman–Crippen MR) is 66.4 cm³/mol. The van der Waals surface area contributed by atoms with Crippen molar-refractivity contribution in [3.05, 3.63) is 18.0 Å². The van der Waals surface area contributed by atoms with Crippen LogP contribution in [0.3, 0.4) is 0 Å². The summed E-state index contributed by atoms with van der Waals surface area (Å²) in [5.41, 5.74) is 1.11. The van der Waals surface area contributed by atoms with Crippen LogP contribution < -0.4 is 5.32 Å². The zero-order chi connectivity index (χ0) is 11.4. The number of aromatic nitrogens is 2.